The van der Waals surface area contributed by atoms with Gasteiger partial charge in [0, 0.05) is 42.0 Å². The van der Waals surface area contributed by atoms with E-state index in [-0.39, 0.29) is 35.8 Å². The molecule has 1 unspecified atom stereocenters. The van der Waals surface area contributed by atoms with Crippen LogP contribution in [0.15, 0.2) is 54.6 Å². The molecule has 1 aliphatic rings. The summed E-state index contributed by atoms with van der Waals surface area (Å²) < 4.78 is 10.2. The normalized spacial score (nSPS) is 16.9. The third-order valence-corrected chi connectivity index (χ3v) is 8.33. The highest BCUT2D eigenvalue weighted by Gasteiger charge is 2.39. The summed E-state index contributed by atoms with van der Waals surface area (Å²) in [5, 5.41) is 3.57. The largest absolute Gasteiger partial charge is 0.461 e. The van der Waals surface area contributed by atoms with Crippen LogP contribution in [-0.2, 0) is 19.1 Å². The van der Waals surface area contributed by atoms with E-state index in [0.717, 1.165) is 61.5 Å². The molecule has 47 heavy (non-hydrogen) atoms. The summed E-state index contributed by atoms with van der Waals surface area (Å²) in [6.45, 7) is 11.1. The number of H-pyrrole nitrogens is 1. The van der Waals surface area contributed by atoms with Gasteiger partial charge in [-0.25, -0.2) is 9.59 Å². The number of ether oxygens (including phenoxy) is 2. The highest BCUT2D eigenvalue weighted by atomic mass is 16.6. The number of aromatic nitrogens is 1. The summed E-state index contributed by atoms with van der Waals surface area (Å²) in [4.78, 5) is 54.3. The van der Waals surface area contributed by atoms with Gasteiger partial charge >= 0.3 is 12.1 Å². The van der Waals surface area contributed by atoms with Crippen molar-refractivity contribution in [3.8, 4) is 0 Å². The van der Waals surface area contributed by atoms with Crippen LogP contribution in [-0.4, -0.2) is 79.6 Å². The lowest BCUT2D eigenvalue weighted by atomic mass is 9.91. The number of amides is 2. The maximum Gasteiger partial charge on any atom is 0.407 e. The zero-order chi connectivity index (χ0) is 34.6. The number of nitrogens with zero attached hydrogens (tertiary/aromatic N) is 2. The van der Waals surface area contributed by atoms with Crippen molar-refractivity contribution in [1.29, 1.82) is 0 Å². The Bertz CT molecular complexity index is 1460. The van der Waals surface area contributed by atoms with E-state index in [4.69, 9.17) is 9.47 Å². The quantitative estimate of drug-likeness (QED) is 0.127. The first kappa shape index (κ1) is 37.3. The predicted octanol–water partition coefficient (Wildman–Crippen LogP) is 6.70. The molecule has 1 fully saturated rings. The first-order valence-electron chi connectivity index (χ1n) is 16.6. The van der Waals surface area contributed by atoms with E-state index < -0.39 is 5.60 Å². The number of fused-ring (bicyclic) bond motifs is 1. The minimum absolute atomic E-state index is 0.0735. The lowest BCUT2D eigenvalue weighted by molar-refractivity contribution is -0.122. The fourth-order valence-corrected chi connectivity index (χ4v) is 5.73. The summed E-state index contributed by atoms with van der Waals surface area (Å²) in [7, 11) is 3.83. The number of likely N-dealkylation sites (N-methyl/N-ethyl adjacent to an activating group) is 2. The van der Waals surface area contributed by atoms with Crippen molar-refractivity contribution >= 4 is 40.8 Å². The fraction of sp³-hybridized carbons (Fsp3) is 0.514. The second-order valence-electron chi connectivity index (χ2n) is 13.0. The number of carbonyl (C=O) groups excluding carboxylic acids is 4. The molecule has 256 valence electrons. The van der Waals surface area contributed by atoms with Crippen molar-refractivity contribution in [2.24, 2.45) is 5.92 Å². The minimum atomic E-state index is -0.449. The molecule has 1 saturated heterocycles. The van der Waals surface area contributed by atoms with Crippen molar-refractivity contribution in [2.75, 3.05) is 38.7 Å². The molecule has 0 spiro atoms. The van der Waals surface area contributed by atoms with E-state index in [1.165, 1.54) is 5.56 Å². The van der Waals surface area contributed by atoms with Gasteiger partial charge in [-0.15, -0.1) is 0 Å². The maximum atomic E-state index is 13.5. The topological polar surface area (TPSA) is 121 Å². The SMILES string of the molecule is CCC(C=O)CCCCNC(=O)OC(C)(C)C.CCOC(=O)c1cc2cc(N(C)C(=O)[C@@H]3[C@H](c4ccccc4)CCN3C)ccc2[nH]1. The maximum absolute atomic E-state index is 13.5. The Morgan fingerprint density at radius 1 is 1.09 bits per heavy atom. The van der Waals surface area contributed by atoms with Gasteiger partial charge in [0.25, 0.3) is 0 Å². The number of benzene rings is 2. The van der Waals surface area contributed by atoms with Gasteiger partial charge in [0.1, 0.15) is 17.6 Å². The molecule has 0 radical (unpaired) electrons. The number of aldehydes is 1. The number of hydrogen-bond donors (Lipinski definition) is 2. The van der Waals surface area contributed by atoms with Crippen molar-refractivity contribution in [3.63, 3.8) is 0 Å². The van der Waals surface area contributed by atoms with E-state index >= 15 is 0 Å². The molecular weight excluding hydrogens is 596 g/mol. The summed E-state index contributed by atoms with van der Waals surface area (Å²) in [6.07, 6.45) is 5.22. The van der Waals surface area contributed by atoms with E-state index in [1.807, 2.05) is 78.2 Å². The zero-order valence-corrected chi connectivity index (χ0v) is 29.0. The van der Waals surface area contributed by atoms with Gasteiger partial charge in [-0.1, -0.05) is 43.7 Å². The number of anilines is 1. The molecule has 10 heteroatoms. The van der Waals surface area contributed by atoms with Crippen LogP contribution in [0.25, 0.3) is 10.9 Å². The molecule has 0 saturated carbocycles. The van der Waals surface area contributed by atoms with E-state index in [2.05, 4.69) is 27.3 Å². The lowest BCUT2D eigenvalue weighted by Gasteiger charge is -2.29. The van der Waals surface area contributed by atoms with Crippen LogP contribution in [0, 0.1) is 5.92 Å². The molecule has 0 aliphatic carbocycles. The zero-order valence-electron chi connectivity index (χ0n) is 29.0. The van der Waals surface area contributed by atoms with Crippen LogP contribution in [0.5, 0.6) is 0 Å². The second kappa shape index (κ2) is 17.7. The first-order valence-corrected chi connectivity index (χ1v) is 16.6. The van der Waals surface area contributed by atoms with Crippen molar-refractivity contribution < 1.29 is 28.7 Å². The molecule has 0 bridgehead atoms. The van der Waals surface area contributed by atoms with Gasteiger partial charge < -0.3 is 29.5 Å². The minimum Gasteiger partial charge on any atom is -0.461 e. The Morgan fingerprint density at radius 3 is 2.45 bits per heavy atom. The molecule has 10 nitrogen and oxygen atoms in total. The summed E-state index contributed by atoms with van der Waals surface area (Å²) >= 11 is 0. The smallest absolute Gasteiger partial charge is 0.407 e. The molecule has 1 aliphatic heterocycles. The fourth-order valence-electron chi connectivity index (χ4n) is 5.73. The predicted molar refractivity (Wildman–Crippen MR) is 186 cm³/mol. The van der Waals surface area contributed by atoms with Gasteiger partial charge in [-0.2, -0.15) is 0 Å². The number of likely N-dealkylation sites (tertiary alicyclic amines) is 1. The monoisotopic (exact) mass is 648 g/mol. The second-order valence-corrected chi connectivity index (χ2v) is 13.0. The first-order chi connectivity index (χ1) is 22.4. The van der Waals surface area contributed by atoms with E-state index in [1.54, 1.807) is 17.9 Å². The highest BCUT2D eigenvalue weighted by molar-refractivity contribution is 6.01. The third-order valence-electron chi connectivity index (χ3n) is 8.33. The number of aromatic amines is 1. The van der Waals surface area contributed by atoms with Crippen molar-refractivity contribution in [3.05, 3.63) is 65.9 Å². The number of nitrogens with one attached hydrogen (secondary N) is 2. The van der Waals surface area contributed by atoms with Gasteiger partial charge in [-0.05, 0) is 96.8 Å². The van der Waals surface area contributed by atoms with Crippen molar-refractivity contribution in [2.45, 2.75) is 84.3 Å². The summed E-state index contributed by atoms with van der Waals surface area (Å²) in [5.74, 6) is 0.0383. The van der Waals surface area contributed by atoms with Crippen molar-refractivity contribution in [1.82, 2.24) is 15.2 Å². The van der Waals surface area contributed by atoms with Crippen LogP contribution >= 0.6 is 0 Å². The highest BCUT2D eigenvalue weighted by Crippen LogP contribution is 2.34. The van der Waals surface area contributed by atoms with Crippen LogP contribution < -0.4 is 10.2 Å². The van der Waals surface area contributed by atoms with Gasteiger partial charge in [-0.3, -0.25) is 9.69 Å². The molecule has 2 amide bonds. The molecule has 3 atom stereocenters. The van der Waals surface area contributed by atoms with E-state index in [0.29, 0.717) is 18.8 Å². The number of carbonyl (C=O) groups is 4. The molecular formula is C37H52N4O6. The summed E-state index contributed by atoms with van der Waals surface area (Å²) in [5.41, 5.74) is 2.80. The number of hydrogen-bond acceptors (Lipinski definition) is 7. The molecule has 2 aromatic carbocycles. The van der Waals surface area contributed by atoms with Crippen LogP contribution in [0.4, 0.5) is 10.5 Å². The lowest BCUT2D eigenvalue weighted by Crippen LogP contribution is -2.45. The average molecular weight is 649 g/mol. The Kier molecular flexibility index (Phi) is 14.0. The molecule has 2 heterocycles. The molecule has 1 aromatic heterocycles. The average Bonchev–Trinajstić information content (AvgIpc) is 3.65. The van der Waals surface area contributed by atoms with Gasteiger partial charge in [0.05, 0.1) is 12.6 Å². The van der Waals surface area contributed by atoms with Gasteiger partial charge in [0.15, 0.2) is 0 Å². The Balaban J connectivity index is 0.000000303. The number of rotatable bonds is 12. The standard InChI is InChI=1S/C24H27N3O3.C13H25NO3/c1-4-30-24(29)21-15-17-14-18(10-11-20(17)25-21)27(3)23(28)22-19(12-13-26(22)2)16-8-6-5-7-9-16;1-5-11(10-15)8-6-7-9-14-12(16)17-13(2,3)4/h5-11,14-15,19,22,25H,4,12-13H2,1-3H3;10-11H,5-9H2,1-4H3,(H,14,16)/t19-,22-;/m0./s1. The number of unbranched alkanes of at least 4 members (excludes halogenated alkanes) is 1. The van der Waals surface area contributed by atoms with Crippen LogP contribution in [0.3, 0.4) is 0 Å². The molecule has 2 N–H and O–H groups in total. The number of esters is 1. The Morgan fingerprint density at radius 2 is 1.81 bits per heavy atom. The third kappa shape index (κ3) is 10.9. The van der Waals surface area contributed by atoms with Gasteiger partial charge in [0.2, 0.25) is 5.91 Å². The van der Waals surface area contributed by atoms with Crippen LogP contribution in [0.2, 0.25) is 0 Å². The number of alkyl carbamates (subject to hydrolysis) is 1. The Hall–Kier alpha value is -4.18. The summed E-state index contributed by atoms with van der Waals surface area (Å²) in [6, 6.07) is 17.6. The Labute approximate surface area is 279 Å². The van der Waals surface area contributed by atoms with E-state index in [9.17, 15) is 19.2 Å². The molecule has 3 aromatic rings. The molecule has 4 rings (SSSR count). The van der Waals surface area contributed by atoms with Crippen LogP contribution in [0.1, 0.15) is 88.7 Å².